The zero-order chi connectivity index (χ0) is 13.8. The van der Waals surface area contributed by atoms with E-state index < -0.39 is 11.6 Å². The first-order valence-corrected chi connectivity index (χ1v) is 7.26. The second kappa shape index (κ2) is 6.26. The normalized spacial score (nSPS) is 12.6. The summed E-state index contributed by atoms with van der Waals surface area (Å²) in [4.78, 5) is 0. The van der Waals surface area contributed by atoms with Gasteiger partial charge >= 0.3 is 0 Å². The Morgan fingerprint density at radius 2 is 1.89 bits per heavy atom. The van der Waals surface area contributed by atoms with Crippen LogP contribution in [0.1, 0.15) is 29.7 Å². The Bertz CT molecular complexity index is 531. The first kappa shape index (κ1) is 14.2. The van der Waals surface area contributed by atoms with Crippen molar-refractivity contribution in [3.05, 3.63) is 57.3 Å². The third kappa shape index (κ3) is 3.19. The molecule has 2 aromatic rings. The van der Waals surface area contributed by atoms with Crippen molar-refractivity contribution in [2.24, 2.45) is 0 Å². The van der Waals surface area contributed by atoms with Gasteiger partial charge in [-0.05, 0) is 53.9 Å². The Labute approximate surface area is 116 Å². The van der Waals surface area contributed by atoms with Gasteiger partial charge in [-0.25, -0.2) is 8.78 Å². The highest BCUT2D eigenvalue weighted by Crippen LogP contribution is 2.26. The Morgan fingerprint density at radius 1 is 1.21 bits per heavy atom. The second-order valence-corrected chi connectivity index (χ2v) is 5.27. The van der Waals surface area contributed by atoms with Crippen LogP contribution in [0.15, 0.2) is 29.0 Å². The molecule has 102 valence electrons. The van der Waals surface area contributed by atoms with E-state index in [4.69, 9.17) is 0 Å². The van der Waals surface area contributed by atoms with Crippen LogP contribution in [-0.2, 0) is 6.42 Å². The second-order valence-electron chi connectivity index (χ2n) is 4.52. The van der Waals surface area contributed by atoms with E-state index in [0.717, 1.165) is 17.7 Å². The van der Waals surface area contributed by atoms with E-state index in [1.165, 1.54) is 18.2 Å². The minimum atomic E-state index is -0.476. The largest absolute Gasteiger partial charge is 0.310 e. The number of hydrogen-bond donors (Lipinski definition) is 1. The third-order valence-corrected chi connectivity index (χ3v) is 4.07. The summed E-state index contributed by atoms with van der Waals surface area (Å²) in [5.74, 6) is -0.952. The van der Waals surface area contributed by atoms with E-state index in [0.29, 0.717) is 6.42 Å². The lowest BCUT2D eigenvalue weighted by molar-refractivity contribution is 0.499. The molecule has 0 radical (unpaired) electrons. The molecule has 0 aliphatic rings. The van der Waals surface area contributed by atoms with Gasteiger partial charge in [0.05, 0.1) is 0 Å². The summed E-state index contributed by atoms with van der Waals surface area (Å²) in [7, 11) is 0. The summed E-state index contributed by atoms with van der Waals surface area (Å²) in [6, 6.07) is 3.96. The van der Waals surface area contributed by atoms with Crippen molar-refractivity contribution in [2.75, 3.05) is 6.54 Å². The Morgan fingerprint density at radius 3 is 2.42 bits per heavy atom. The molecule has 0 spiro atoms. The molecule has 19 heavy (non-hydrogen) atoms. The maximum Gasteiger partial charge on any atom is 0.129 e. The number of rotatable bonds is 5. The van der Waals surface area contributed by atoms with Crippen molar-refractivity contribution in [2.45, 2.75) is 26.3 Å². The van der Waals surface area contributed by atoms with Crippen molar-refractivity contribution in [3.63, 3.8) is 0 Å². The van der Waals surface area contributed by atoms with Gasteiger partial charge in [0.25, 0.3) is 0 Å². The lowest BCUT2D eigenvalue weighted by Crippen LogP contribution is -2.24. The van der Waals surface area contributed by atoms with Crippen molar-refractivity contribution >= 4 is 11.3 Å². The lowest BCUT2D eigenvalue weighted by atomic mass is 9.98. The molecule has 0 aliphatic heterocycles. The van der Waals surface area contributed by atoms with Crippen molar-refractivity contribution in [1.29, 1.82) is 0 Å². The minimum Gasteiger partial charge on any atom is -0.310 e. The molecule has 2 rings (SSSR count). The number of benzene rings is 1. The number of thiophene rings is 1. The van der Waals surface area contributed by atoms with Crippen LogP contribution in [0.2, 0.25) is 0 Å². The maximum absolute atomic E-state index is 13.7. The van der Waals surface area contributed by atoms with Crippen LogP contribution in [-0.4, -0.2) is 6.54 Å². The molecule has 0 bridgehead atoms. The van der Waals surface area contributed by atoms with Gasteiger partial charge in [0.15, 0.2) is 0 Å². The van der Waals surface area contributed by atoms with Crippen LogP contribution in [0.25, 0.3) is 0 Å². The monoisotopic (exact) mass is 281 g/mol. The summed E-state index contributed by atoms with van der Waals surface area (Å²) in [5.41, 5.74) is 2.43. The molecule has 1 aromatic heterocycles. The fourth-order valence-electron chi connectivity index (χ4n) is 2.20. The summed E-state index contributed by atoms with van der Waals surface area (Å²) >= 11 is 1.61. The van der Waals surface area contributed by atoms with E-state index >= 15 is 0 Å². The molecule has 1 N–H and O–H groups in total. The summed E-state index contributed by atoms with van der Waals surface area (Å²) in [6.07, 6.45) is 0.323. The SMILES string of the molecule is CCNC(Cc1c(F)cccc1F)c1cscc1C. The van der Waals surface area contributed by atoms with Crippen molar-refractivity contribution in [3.8, 4) is 0 Å². The fraction of sp³-hybridized carbons (Fsp3) is 0.333. The van der Waals surface area contributed by atoms with Crippen LogP contribution in [0.4, 0.5) is 8.78 Å². The summed E-state index contributed by atoms with van der Waals surface area (Å²) in [5, 5.41) is 7.40. The minimum absolute atomic E-state index is 0.0531. The fourth-order valence-corrected chi connectivity index (χ4v) is 3.10. The van der Waals surface area contributed by atoms with Gasteiger partial charge < -0.3 is 5.32 Å². The molecule has 4 heteroatoms. The van der Waals surface area contributed by atoms with Gasteiger partial charge in [-0.15, -0.1) is 0 Å². The third-order valence-electron chi connectivity index (χ3n) is 3.19. The highest BCUT2D eigenvalue weighted by atomic mass is 32.1. The lowest BCUT2D eigenvalue weighted by Gasteiger charge is -2.19. The molecule has 0 fully saturated rings. The van der Waals surface area contributed by atoms with E-state index in [1.807, 2.05) is 19.2 Å². The predicted molar refractivity (Wildman–Crippen MR) is 75.5 cm³/mol. The molecular weight excluding hydrogens is 264 g/mol. The highest BCUT2D eigenvalue weighted by Gasteiger charge is 2.18. The van der Waals surface area contributed by atoms with Gasteiger partial charge in [0, 0.05) is 11.6 Å². The molecular formula is C15H17F2NS. The number of likely N-dealkylation sites (N-methyl/N-ethyl adjacent to an activating group) is 1. The van der Waals surface area contributed by atoms with Gasteiger partial charge in [0.1, 0.15) is 11.6 Å². The molecule has 1 unspecified atom stereocenters. The van der Waals surface area contributed by atoms with Crippen LogP contribution >= 0.6 is 11.3 Å². The predicted octanol–water partition coefficient (Wildman–Crippen LogP) is 4.23. The van der Waals surface area contributed by atoms with Gasteiger partial charge in [-0.3, -0.25) is 0 Å². The van der Waals surface area contributed by atoms with Crippen molar-refractivity contribution in [1.82, 2.24) is 5.32 Å². The van der Waals surface area contributed by atoms with Crippen LogP contribution < -0.4 is 5.32 Å². The average molecular weight is 281 g/mol. The topological polar surface area (TPSA) is 12.0 Å². The van der Waals surface area contributed by atoms with E-state index in [-0.39, 0.29) is 11.6 Å². The number of hydrogen-bond acceptors (Lipinski definition) is 2. The van der Waals surface area contributed by atoms with E-state index in [2.05, 4.69) is 10.7 Å². The maximum atomic E-state index is 13.7. The molecule has 1 atom stereocenters. The number of halogens is 2. The first-order chi connectivity index (χ1) is 9.13. The van der Waals surface area contributed by atoms with E-state index in [1.54, 1.807) is 11.3 Å². The summed E-state index contributed by atoms with van der Waals surface area (Å²) in [6.45, 7) is 4.77. The Balaban J connectivity index is 2.29. The Kier molecular flexibility index (Phi) is 4.66. The molecule has 1 nitrogen and oxygen atoms in total. The standard InChI is InChI=1S/C15H17F2NS/c1-3-18-15(12-9-19-8-10(12)2)7-11-13(16)5-4-6-14(11)17/h4-6,8-9,15,18H,3,7H2,1-2H3. The zero-order valence-corrected chi connectivity index (χ0v) is 11.9. The Hall–Kier alpha value is -1.26. The average Bonchev–Trinajstić information content (AvgIpc) is 2.79. The van der Waals surface area contributed by atoms with Gasteiger partial charge in [0.2, 0.25) is 0 Å². The van der Waals surface area contributed by atoms with Crippen LogP contribution in [0.3, 0.4) is 0 Å². The molecule has 0 saturated heterocycles. The molecule has 0 amide bonds. The molecule has 0 saturated carbocycles. The van der Waals surface area contributed by atoms with Gasteiger partial charge in [-0.1, -0.05) is 13.0 Å². The first-order valence-electron chi connectivity index (χ1n) is 6.32. The number of aryl methyl sites for hydroxylation is 1. The molecule has 0 aliphatic carbocycles. The highest BCUT2D eigenvalue weighted by molar-refractivity contribution is 7.08. The van der Waals surface area contributed by atoms with Crippen molar-refractivity contribution < 1.29 is 8.78 Å². The number of nitrogens with one attached hydrogen (secondary N) is 1. The van der Waals surface area contributed by atoms with Crippen LogP contribution in [0, 0.1) is 18.6 Å². The smallest absolute Gasteiger partial charge is 0.129 e. The van der Waals surface area contributed by atoms with E-state index in [9.17, 15) is 8.78 Å². The van der Waals surface area contributed by atoms with Gasteiger partial charge in [-0.2, -0.15) is 11.3 Å². The molecule has 1 heterocycles. The zero-order valence-electron chi connectivity index (χ0n) is 11.0. The quantitative estimate of drug-likeness (QED) is 0.865. The molecule has 1 aromatic carbocycles. The summed E-state index contributed by atoms with van der Waals surface area (Å²) < 4.78 is 27.5. The van der Waals surface area contributed by atoms with Crippen LogP contribution in [0.5, 0.6) is 0 Å².